The van der Waals surface area contributed by atoms with Crippen molar-refractivity contribution in [1.29, 1.82) is 0 Å². The predicted octanol–water partition coefficient (Wildman–Crippen LogP) is 3.44. The van der Waals surface area contributed by atoms with Crippen LogP contribution in [0.3, 0.4) is 0 Å². The molecule has 0 fully saturated rings. The molecule has 0 amide bonds. The standard InChI is InChI=1S/C15H17NO4S2/c1-5-21-15-16-11(14(17)22-15)8-10-12(19-3)6-9(18-2)7-13(10)20-4/h6-8H,5H2,1-4H3/b11-8-. The molecule has 0 saturated carbocycles. The number of hydrogen-bond acceptors (Lipinski definition) is 7. The van der Waals surface area contributed by atoms with Gasteiger partial charge in [-0.15, -0.1) is 0 Å². The zero-order chi connectivity index (χ0) is 16.1. The molecule has 7 heteroatoms. The van der Waals surface area contributed by atoms with Gasteiger partial charge in [-0.25, -0.2) is 4.99 Å². The van der Waals surface area contributed by atoms with Crippen LogP contribution in [0.5, 0.6) is 17.2 Å². The van der Waals surface area contributed by atoms with Crippen LogP contribution in [-0.2, 0) is 4.79 Å². The highest BCUT2D eigenvalue weighted by Crippen LogP contribution is 2.38. The molecule has 1 aliphatic rings. The van der Waals surface area contributed by atoms with Crippen LogP contribution in [0.25, 0.3) is 6.08 Å². The number of nitrogens with zero attached hydrogens (tertiary/aromatic N) is 1. The SMILES string of the molecule is CCSC1=N/C(=C\c2c(OC)cc(OC)cc2OC)C(=O)S1. The molecule has 2 rings (SSSR count). The van der Waals surface area contributed by atoms with Crippen molar-refractivity contribution in [1.82, 2.24) is 0 Å². The summed E-state index contributed by atoms with van der Waals surface area (Å²) in [5.74, 6) is 2.62. The maximum Gasteiger partial charge on any atom is 0.244 e. The molecule has 1 heterocycles. The zero-order valence-electron chi connectivity index (χ0n) is 12.8. The topological polar surface area (TPSA) is 57.1 Å². The van der Waals surface area contributed by atoms with Gasteiger partial charge in [0.05, 0.1) is 26.9 Å². The van der Waals surface area contributed by atoms with Crippen LogP contribution in [0, 0.1) is 0 Å². The van der Waals surface area contributed by atoms with E-state index in [4.69, 9.17) is 14.2 Å². The van der Waals surface area contributed by atoms with Gasteiger partial charge in [0.15, 0.2) is 0 Å². The predicted molar refractivity (Wildman–Crippen MR) is 92.2 cm³/mol. The molecule has 0 radical (unpaired) electrons. The monoisotopic (exact) mass is 339 g/mol. The first-order chi connectivity index (χ1) is 10.6. The van der Waals surface area contributed by atoms with Crippen molar-refractivity contribution in [2.75, 3.05) is 27.1 Å². The molecule has 0 spiro atoms. The third-order valence-corrected chi connectivity index (χ3v) is 4.79. The molecule has 0 N–H and O–H groups in total. The first kappa shape index (κ1) is 16.8. The average molecular weight is 339 g/mol. The summed E-state index contributed by atoms with van der Waals surface area (Å²) in [6.45, 7) is 2.02. The maximum absolute atomic E-state index is 12.0. The second-order valence-corrected chi connectivity index (χ2v) is 6.65. The summed E-state index contributed by atoms with van der Waals surface area (Å²) in [5.41, 5.74) is 1.06. The van der Waals surface area contributed by atoms with E-state index in [9.17, 15) is 4.79 Å². The smallest absolute Gasteiger partial charge is 0.244 e. The average Bonchev–Trinajstić information content (AvgIpc) is 2.87. The van der Waals surface area contributed by atoms with Crippen LogP contribution in [0.15, 0.2) is 22.8 Å². The highest BCUT2D eigenvalue weighted by molar-refractivity contribution is 8.45. The molecule has 0 unspecified atom stereocenters. The molecule has 0 saturated heterocycles. The summed E-state index contributed by atoms with van der Waals surface area (Å²) in [5, 5.41) is -0.0733. The van der Waals surface area contributed by atoms with E-state index in [-0.39, 0.29) is 5.12 Å². The Morgan fingerprint density at radius 1 is 1.18 bits per heavy atom. The Balaban J connectivity index is 2.48. The van der Waals surface area contributed by atoms with E-state index in [2.05, 4.69) is 4.99 Å². The van der Waals surface area contributed by atoms with E-state index in [1.807, 2.05) is 6.92 Å². The molecule has 0 aliphatic carbocycles. The van der Waals surface area contributed by atoms with E-state index in [0.29, 0.717) is 28.5 Å². The lowest BCUT2D eigenvalue weighted by molar-refractivity contribution is -0.107. The van der Waals surface area contributed by atoms with Gasteiger partial charge in [0, 0.05) is 12.1 Å². The summed E-state index contributed by atoms with van der Waals surface area (Å²) in [7, 11) is 4.69. The van der Waals surface area contributed by atoms with E-state index < -0.39 is 0 Å². The van der Waals surface area contributed by atoms with Crippen molar-refractivity contribution in [3.05, 3.63) is 23.4 Å². The highest BCUT2D eigenvalue weighted by Gasteiger charge is 2.23. The molecule has 1 aromatic rings. The van der Waals surface area contributed by atoms with Gasteiger partial charge in [-0.1, -0.05) is 18.7 Å². The largest absolute Gasteiger partial charge is 0.496 e. The second-order valence-electron chi connectivity index (χ2n) is 4.18. The van der Waals surface area contributed by atoms with Crippen LogP contribution in [0.1, 0.15) is 12.5 Å². The molecule has 1 aliphatic heterocycles. The van der Waals surface area contributed by atoms with Crippen molar-refractivity contribution in [3.8, 4) is 17.2 Å². The Hall–Kier alpha value is -1.60. The van der Waals surface area contributed by atoms with Crippen molar-refractivity contribution in [2.24, 2.45) is 4.99 Å². The summed E-state index contributed by atoms with van der Waals surface area (Å²) < 4.78 is 16.7. The van der Waals surface area contributed by atoms with Crippen LogP contribution in [-0.4, -0.2) is 36.6 Å². The number of hydrogen-bond donors (Lipinski definition) is 0. The molecule has 118 valence electrons. The molecule has 1 aromatic carbocycles. The zero-order valence-corrected chi connectivity index (χ0v) is 14.5. The van der Waals surface area contributed by atoms with Crippen molar-refractivity contribution in [2.45, 2.75) is 6.92 Å². The molecule has 0 aromatic heterocycles. The fourth-order valence-corrected chi connectivity index (χ4v) is 3.62. The van der Waals surface area contributed by atoms with Gasteiger partial charge in [-0.2, -0.15) is 0 Å². The van der Waals surface area contributed by atoms with E-state index in [1.54, 1.807) is 51.3 Å². The summed E-state index contributed by atoms with van der Waals surface area (Å²) in [6, 6.07) is 3.49. The number of aliphatic imine (C=N–C) groups is 1. The quantitative estimate of drug-likeness (QED) is 0.766. The third kappa shape index (κ3) is 3.59. The number of carbonyl (C=O) groups is 1. The van der Waals surface area contributed by atoms with Gasteiger partial charge < -0.3 is 14.2 Å². The van der Waals surface area contributed by atoms with Gasteiger partial charge in [0.1, 0.15) is 27.3 Å². The Bertz CT molecular complexity index is 615. The highest BCUT2D eigenvalue weighted by atomic mass is 32.2. The van der Waals surface area contributed by atoms with Gasteiger partial charge in [-0.3, -0.25) is 4.79 Å². The number of rotatable bonds is 5. The molecule has 0 atom stereocenters. The van der Waals surface area contributed by atoms with Gasteiger partial charge >= 0.3 is 0 Å². The second kappa shape index (κ2) is 7.60. The Kier molecular flexibility index (Phi) is 5.79. The number of methoxy groups -OCH3 is 3. The third-order valence-electron chi connectivity index (χ3n) is 2.90. The van der Waals surface area contributed by atoms with Crippen LogP contribution in [0.2, 0.25) is 0 Å². The van der Waals surface area contributed by atoms with Gasteiger partial charge in [-0.05, 0) is 23.6 Å². The number of thioether (sulfide) groups is 2. The van der Waals surface area contributed by atoms with Crippen molar-refractivity contribution in [3.63, 3.8) is 0 Å². The minimum Gasteiger partial charge on any atom is -0.496 e. The van der Waals surface area contributed by atoms with Crippen LogP contribution < -0.4 is 14.2 Å². The fraction of sp³-hybridized carbons (Fsp3) is 0.333. The first-order valence-electron chi connectivity index (χ1n) is 6.58. The molecular weight excluding hydrogens is 322 g/mol. The lowest BCUT2D eigenvalue weighted by Gasteiger charge is -2.12. The minimum absolute atomic E-state index is 0.0733. The first-order valence-corrected chi connectivity index (χ1v) is 8.38. The van der Waals surface area contributed by atoms with Gasteiger partial charge in [0.25, 0.3) is 0 Å². The van der Waals surface area contributed by atoms with E-state index in [1.165, 1.54) is 0 Å². The molecule has 22 heavy (non-hydrogen) atoms. The van der Waals surface area contributed by atoms with Crippen LogP contribution in [0.4, 0.5) is 0 Å². The Morgan fingerprint density at radius 3 is 2.32 bits per heavy atom. The van der Waals surface area contributed by atoms with Crippen molar-refractivity contribution < 1.29 is 19.0 Å². The lowest BCUT2D eigenvalue weighted by Crippen LogP contribution is -1.96. The normalized spacial score (nSPS) is 15.9. The number of ether oxygens (including phenoxy) is 3. The number of benzene rings is 1. The molecule has 5 nitrogen and oxygen atoms in total. The lowest BCUT2D eigenvalue weighted by atomic mass is 10.1. The fourth-order valence-electron chi connectivity index (χ4n) is 1.89. The maximum atomic E-state index is 12.0. The molecule has 0 bridgehead atoms. The summed E-state index contributed by atoms with van der Waals surface area (Å²) in [4.78, 5) is 16.4. The summed E-state index contributed by atoms with van der Waals surface area (Å²) in [6.07, 6.45) is 1.69. The Morgan fingerprint density at radius 2 is 1.82 bits per heavy atom. The molecular formula is C15H17NO4S2. The van der Waals surface area contributed by atoms with E-state index in [0.717, 1.165) is 21.9 Å². The van der Waals surface area contributed by atoms with Crippen molar-refractivity contribution >= 4 is 39.1 Å². The number of carbonyl (C=O) groups excluding carboxylic acids is 1. The minimum atomic E-state index is -0.0733. The van der Waals surface area contributed by atoms with E-state index >= 15 is 0 Å². The summed E-state index contributed by atoms with van der Waals surface area (Å²) >= 11 is 2.70. The Labute approximate surface area is 138 Å². The van der Waals surface area contributed by atoms with Gasteiger partial charge in [0.2, 0.25) is 5.12 Å². The van der Waals surface area contributed by atoms with Crippen LogP contribution >= 0.6 is 23.5 Å².